The molecule has 1 aliphatic rings. The number of aromatic nitrogens is 5. The highest BCUT2D eigenvalue weighted by atomic mass is 19.3. The highest BCUT2D eigenvalue weighted by Gasteiger charge is 2.22. The van der Waals surface area contributed by atoms with Crippen molar-refractivity contribution >= 4 is 22.8 Å². The van der Waals surface area contributed by atoms with E-state index < -0.39 is 18.1 Å². The number of halogens is 4. The van der Waals surface area contributed by atoms with Gasteiger partial charge in [0.25, 0.3) is 6.43 Å². The zero-order valence-electron chi connectivity index (χ0n) is 22.5. The number of hydrogen-bond donors (Lipinski definition) is 1. The third-order valence-electron chi connectivity index (χ3n) is 6.94. The van der Waals surface area contributed by atoms with Gasteiger partial charge in [0.15, 0.2) is 11.6 Å². The number of fused-ring (bicyclic) bond motifs is 1. The second kappa shape index (κ2) is 11.8. The summed E-state index contributed by atoms with van der Waals surface area (Å²) in [5.41, 5.74) is 1.87. The molecule has 0 amide bonds. The number of ether oxygens (including phenoxy) is 1. The molecule has 0 bridgehead atoms. The number of rotatable bonds is 9. The van der Waals surface area contributed by atoms with Crippen molar-refractivity contribution in [2.45, 2.75) is 58.8 Å². The predicted molar refractivity (Wildman–Crippen MR) is 144 cm³/mol. The van der Waals surface area contributed by atoms with Crippen LogP contribution in [0.15, 0.2) is 36.7 Å². The van der Waals surface area contributed by atoms with Crippen LogP contribution >= 0.6 is 0 Å². The average molecular weight is 558 g/mol. The summed E-state index contributed by atoms with van der Waals surface area (Å²) in [4.78, 5) is 18.8. The Hall–Kier alpha value is -3.64. The van der Waals surface area contributed by atoms with Crippen molar-refractivity contribution in [2.75, 3.05) is 25.0 Å². The van der Waals surface area contributed by atoms with Crippen LogP contribution in [-0.2, 0) is 11.3 Å². The summed E-state index contributed by atoms with van der Waals surface area (Å²) in [6.07, 6.45) is 1.80. The van der Waals surface area contributed by atoms with Gasteiger partial charge >= 0.3 is 0 Å². The van der Waals surface area contributed by atoms with Crippen LogP contribution in [0.3, 0.4) is 0 Å². The maximum absolute atomic E-state index is 14.9. The number of pyridine rings is 1. The Kier molecular flexibility index (Phi) is 8.27. The lowest BCUT2D eigenvalue weighted by Crippen LogP contribution is -2.39. The van der Waals surface area contributed by atoms with Gasteiger partial charge in [-0.15, -0.1) is 0 Å². The van der Waals surface area contributed by atoms with Crippen molar-refractivity contribution in [1.82, 2.24) is 29.4 Å². The summed E-state index contributed by atoms with van der Waals surface area (Å²) >= 11 is 0. The van der Waals surface area contributed by atoms with Crippen LogP contribution in [0.5, 0.6) is 0 Å². The summed E-state index contributed by atoms with van der Waals surface area (Å²) in [5, 5.41) is 2.96. The van der Waals surface area contributed by atoms with Gasteiger partial charge in [-0.25, -0.2) is 37.5 Å². The van der Waals surface area contributed by atoms with E-state index in [2.05, 4.69) is 25.3 Å². The molecule has 1 aromatic carbocycles. The van der Waals surface area contributed by atoms with Crippen molar-refractivity contribution < 1.29 is 22.3 Å². The van der Waals surface area contributed by atoms with E-state index in [0.29, 0.717) is 49.7 Å². The third kappa shape index (κ3) is 6.23. The maximum atomic E-state index is 14.9. The van der Waals surface area contributed by atoms with E-state index in [1.165, 1.54) is 6.07 Å². The predicted octanol–water partition coefficient (Wildman–Crippen LogP) is 6.05. The molecule has 0 atom stereocenters. The van der Waals surface area contributed by atoms with E-state index >= 15 is 0 Å². The number of aryl methyl sites for hydroxylation is 1. The van der Waals surface area contributed by atoms with Crippen LogP contribution in [0.25, 0.3) is 22.3 Å². The van der Waals surface area contributed by atoms with E-state index in [0.717, 1.165) is 11.8 Å². The number of hydrogen-bond acceptors (Lipinski definition) is 7. The van der Waals surface area contributed by atoms with Crippen LogP contribution in [0.2, 0.25) is 0 Å². The minimum atomic E-state index is -2.32. The molecule has 0 spiro atoms. The van der Waals surface area contributed by atoms with Crippen molar-refractivity contribution in [3.63, 3.8) is 0 Å². The summed E-state index contributed by atoms with van der Waals surface area (Å²) in [5.74, 6) is -0.0196. The van der Waals surface area contributed by atoms with Gasteiger partial charge in [0.2, 0.25) is 5.95 Å². The van der Waals surface area contributed by atoms with Crippen LogP contribution in [-0.4, -0.2) is 61.6 Å². The molecule has 3 aromatic heterocycles. The Morgan fingerprint density at radius 2 is 1.80 bits per heavy atom. The zero-order chi connectivity index (χ0) is 28.4. The van der Waals surface area contributed by atoms with Crippen molar-refractivity contribution in [1.29, 1.82) is 0 Å². The lowest BCUT2D eigenvalue weighted by atomic mass is 10.1. The first-order valence-electron chi connectivity index (χ1n) is 13.2. The van der Waals surface area contributed by atoms with Gasteiger partial charge in [0.05, 0.1) is 31.0 Å². The Labute approximate surface area is 229 Å². The Balaban J connectivity index is 1.25. The molecular weight excluding hydrogens is 526 g/mol. The highest BCUT2D eigenvalue weighted by Crippen LogP contribution is 2.30. The third-order valence-corrected chi connectivity index (χ3v) is 6.94. The van der Waals surface area contributed by atoms with Gasteiger partial charge in [-0.05, 0) is 57.4 Å². The fourth-order valence-corrected chi connectivity index (χ4v) is 5.05. The molecule has 0 unspecified atom stereocenters. The molecule has 1 aliphatic heterocycles. The first-order valence-corrected chi connectivity index (χ1v) is 13.2. The summed E-state index contributed by atoms with van der Waals surface area (Å²) < 4.78 is 62.7. The summed E-state index contributed by atoms with van der Waals surface area (Å²) in [6, 6.07) is 6.52. The quantitative estimate of drug-likeness (QED) is 0.251. The van der Waals surface area contributed by atoms with E-state index in [1.807, 2.05) is 24.5 Å². The van der Waals surface area contributed by atoms with E-state index in [4.69, 9.17) is 4.74 Å². The van der Waals surface area contributed by atoms with Gasteiger partial charge in [-0.1, -0.05) is 6.07 Å². The fourth-order valence-electron chi connectivity index (χ4n) is 5.05. The standard InChI is InChI=1S/C28H31F4N7O/c1-16(2)39-17(3)35-27-21(29)10-19(11-23(27)39)26-22(30)13-34-28(37-26)36-25-5-4-18(12-33-25)15-40-20-6-8-38(9-7-20)14-24(31)32/h4-5,10-13,16,20,24H,6-9,14-15H2,1-3H3,(H,33,34,36,37). The SMILES string of the molecule is Cc1nc2c(F)cc(-c3nc(Nc4ccc(COC5CCN(CC(F)F)CC5)cn4)ncc3F)cc2n1C(C)C. The minimum absolute atomic E-state index is 0.0184. The molecule has 0 saturated carbocycles. The maximum Gasteiger partial charge on any atom is 0.251 e. The van der Waals surface area contributed by atoms with Gasteiger partial charge < -0.3 is 14.6 Å². The van der Waals surface area contributed by atoms with Gasteiger partial charge in [0.1, 0.15) is 22.9 Å². The number of imidazole rings is 1. The first-order chi connectivity index (χ1) is 19.2. The monoisotopic (exact) mass is 557 g/mol. The average Bonchev–Trinajstić information content (AvgIpc) is 3.26. The molecule has 40 heavy (non-hydrogen) atoms. The molecule has 4 aromatic rings. The molecule has 1 fully saturated rings. The van der Waals surface area contributed by atoms with Crippen LogP contribution < -0.4 is 5.32 Å². The summed E-state index contributed by atoms with van der Waals surface area (Å²) in [6.45, 7) is 7.09. The number of nitrogens with zero attached hydrogens (tertiary/aromatic N) is 6. The number of likely N-dealkylation sites (tertiary alicyclic amines) is 1. The van der Waals surface area contributed by atoms with E-state index in [1.54, 1.807) is 30.2 Å². The van der Waals surface area contributed by atoms with E-state index in [-0.39, 0.29) is 41.4 Å². The zero-order valence-corrected chi connectivity index (χ0v) is 22.5. The Morgan fingerprint density at radius 3 is 2.48 bits per heavy atom. The minimum Gasteiger partial charge on any atom is -0.373 e. The molecule has 1 N–H and O–H groups in total. The normalized spacial score (nSPS) is 15.0. The molecule has 0 aliphatic carbocycles. The van der Waals surface area contributed by atoms with Crippen molar-refractivity contribution in [2.24, 2.45) is 0 Å². The molecule has 12 heteroatoms. The molecule has 0 radical (unpaired) electrons. The Morgan fingerprint density at radius 1 is 1.02 bits per heavy atom. The number of piperidine rings is 1. The molecule has 4 heterocycles. The Bertz CT molecular complexity index is 1470. The number of alkyl halides is 2. The molecule has 5 rings (SSSR count). The number of nitrogens with one attached hydrogen (secondary N) is 1. The highest BCUT2D eigenvalue weighted by molar-refractivity contribution is 5.83. The van der Waals surface area contributed by atoms with E-state index in [9.17, 15) is 17.6 Å². The lowest BCUT2D eigenvalue weighted by Gasteiger charge is -2.31. The number of benzene rings is 1. The van der Waals surface area contributed by atoms with Crippen molar-refractivity contribution in [3.8, 4) is 11.3 Å². The molecule has 212 valence electrons. The second-order valence-electron chi connectivity index (χ2n) is 10.2. The van der Waals surface area contributed by atoms with Gasteiger partial charge in [-0.3, -0.25) is 4.90 Å². The summed E-state index contributed by atoms with van der Waals surface area (Å²) in [7, 11) is 0. The number of anilines is 2. The van der Waals surface area contributed by atoms with Gasteiger partial charge in [0, 0.05) is 30.9 Å². The van der Waals surface area contributed by atoms with Crippen LogP contribution in [0.1, 0.15) is 44.1 Å². The fraction of sp³-hybridized carbons (Fsp3) is 0.429. The molecular formula is C28H31F4N7O. The lowest BCUT2D eigenvalue weighted by molar-refractivity contribution is -0.0141. The molecule has 8 nitrogen and oxygen atoms in total. The van der Waals surface area contributed by atoms with Crippen LogP contribution in [0, 0.1) is 18.6 Å². The first kappa shape index (κ1) is 27.9. The smallest absolute Gasteiger partial charge is 0.251 e. The van der Waals surface area contributed by atoms with Crippen LogP contribution in [0.4, 0.5) is 29.3 Å². The van der Waals surface area contributed by atoms with Gasteiger partial charge in [-0.2, -0.15) is 0 Å². The molecule has 1 saturated heterocycles. The largest absolute Gasteiger partial charge is 0.373 e. The topological polar surface area (TPSA) is 81.0 Å². The second-order valence-corrected chi connectivity index (χ2v) is 10.2. The van der Waals surface area contributed by atoms with Crippen molar-refractivity contribution in [3.05, 3.63) is 59.7 Å².